The van der Waals surface area contributed by atoms with Crippen LogP contribution in [0.15, 0.2) is 29.1 Å². The minimum Gasteiger partial charge on any atom is -0.480 e. The second kappa shape index (κ2) is 4.32. The first-order valence-electron chi connectivity index (χ1n) is 4.52. The van der Waals surface area contributed by atoms with Crippen molar-refractivity contribution in [2.24, 2.45) is 0 Å². The summed E-state index contributed by atoms with van der Waals surface area (Å²) in [6, 6.07) is 3.48. The molecule has 0 aliphatic heterocycles. The number of pyridine rings is 1. The molecular weight excluding hydrogens is 226 g/mol. The Kier molecular flexibility index (Phi) is 2.87. The van der Waals surface area contributed by atoms with Gasteiger partial charge in [0.25, 0.3) is 0 Å². The SMILES string of the molecule is COc1ncc(-c2ccsc2)cc1C(=O)O. The normalized spacial score (nSPS) is 10.1. The lowest BCUT2D eigenvalue weighted by Crippen LogP contribution is -2.02. The zero-order valence-electron chi connectivity index (χ0n) is 8.51. The zero-order chi connectivity index (χ0) is 11.5. The fourth-order valence-corrected chi connectivity index (χ4v) is 2.02. The summed E-state index contributed by atoms with van der Waals surface area (Å²) in [6.07, 6.45) is 1.60. The van der Waals surface area contributed by atoms with Crippen molar-refractivity contribution >= 4 is 17.3 Å². The average molecular weight is 235 g/mol. The summed E-state index contributed by atoms with van der Waals surface area (Å²) in [7, 11) is 1.40. The predicted molar refractivity (Wildman–Crippen MR) is 61.1 cm³/mol. The molecule has 0 aromatic carbocycles. The minimum absolute atomic E-state index is 0.0752. The molecule has 2 aromatic rings. The lowest BCUT2D eigenvalue weighted by Gasteiger charge is -2.05. The summed E-state index contributed by atoms with van der Waals surface area (Å²) < 4.78 is 4.89. The van der Waals surface area contributed by atoms with Crippen LogP contribution in [0.2, 0.25) is 0 Å². The summed E-state index contributed by atoms with van der Waals surface area (Å²) in [4.78, 5) is 15.0. The van der Waals surface area contributed by atoms with Crippen LogP contribution in [0.4, 0.5) is 0 Å². The molecule has 16 heavy (non-hydrogen) atoms. The fraction of sp³-hybridized carbons (Fsp3) is 0.0909. The van der Waals surface area contributed by atoms with Crippen molar-refractivity contribution in [2.45, 2.75) is 0 Å². The van der Waals surface area contributed by atoms with E-state index in [4.69, 9.17) is 9.84 Å². The third kappa shape index (κ3) is 1.90. The molecule has 2 rings (SSSR count). The molecule has 0 unspecified atom stereocenters. The third-order valence-electron chi connectivity index (χ3n) is 2.13. The largest absolute Gasteiger partial charge is 0.480 e. The van der Waals surface area contributed by atoms with Crippen LogP contribution in [0, 0.1) is 0 Å². The van der Waals surface area contributed by atoms with E-state index in [0.717, 1.165) is 11.1 Å². The van der Waals surface area contributed by atoms with Crippen molar-refractivity contribution in [3.05, 3.63) is 34.7 Å². The van der Waals surface area contributed by atoms with Gasteiger partial charge >= 0.3 is 5.97 Å². The van der Waals surface area contributed by atoms with Gasteiger partial charge in [-0.05, 0) is 28.5 Å². The van der Waals surface area contributed by atoms with Crippen LogP contribution in [0.1, 0.15) is 10.4 Å². The number of thiophene rings is 1. The highest BCUT2D eigenvalue weighted by atomic mass is 32.1. The number of aromatic carboxylic acids is 1. The molecule has 0 atom stereocenters. The Morgan fingerprint density at radius 3 is 2.88 bits per heavy atom. The zero-order valence-corrected chi connectivity index (χ0v) is 9.32. The number of hydrogen-bond acceptors (Lipinski definition) is 4. The first kappa shape index (κ1) is 10.6. The Morgan fingerprint density at radius 2 is 2.31 bits per heavy atom. The Morgan fingerprint density at radius 1 is 1.50 bits per heavy atom. The summed E-state index contributed by atoms with van der Waals surface area (Å²) in [5.74, 6) is -0.909. The first-order valence-corrected chi connectivity index (χ1v) is 5.46. The second-order valence-electron chi connectivity index (χ2n) is 3.10. The maximum Gasteiger partial charge on any atom is 0.341 e. The quantitative estimate of drug-likeness (QED) is 0.888. The van der Waals surface area contributed by atoms with E-state index in [1.165, 1.54) is 7.11 Å². The van der Waals surface area contributed by atoms with Gasteiger partial charge in [0.15, 0.2) is 0 Å². The topological polar surface area (TPSA) is 59.4 Å². The molecule has 1 N–H and O–H groups in total. The number of carbonyl (C=O) groups is 1. The molecule has 0 aliphatic rings. The number of rotatable bonds is 3. The average Bonchev–Trinajstić information content (AvgIpc) is 2.81. The molecule has 0 saturated carbocycles. The third-order valence-corrected chi connectivity index (χ3v) is 2.81. The molecule has 2 heterocycles. The lowest BCUT2D eigenvalue weighted by molar-refractivity contribution is 0.0692. The monoisotopic (exact) mass is 235 g/mol. The van der Waals surface area contributed by atoms with Crippen molar-refractivity contribution in [1.29, 1.82) is 0 Å². The lowest BCUT2D eigenvalue weighted by atomic mass is 10.1. The number of carboxylic acids is 1. The van der Waals surface area contributed by atoms with Gasteiger partial charge in [-0.15, -0.1) is 0 Å². The van der Waals surface area contributed by atoms with Crippen molar-refractivity contribution < 1.29 is 14.6 Å². The molecule has 0 spiro atoms. The standard InChI is InChI=1S/C11H9NO3S/c1-15-10-9(11(13)14)4-8(5-12-10)7-2-3-16-6-7/h2-6H,1H3,(H,13,14). The Balaban J connectivity index is 2.51. The van der Waals surface area contributed by atoms with E-state index in [2.05, 4.69) is 4.98 Å². The first-order chi connectivity index (χ1) is 7.72. The molecule has 82 valence electrons. The van der Waals surface area contributed by atoms with Crippen molar-refractivity contribution in [3.63, 3.8) is 0 Å². The minimum atomic E-state index is -1.04. The highest BCUT2D eigenvalue weighted by Crippen LogP contribution is 2.25. The molecular formula is C11H9NO3S. The van der Waals surface area contributed by atoms with E-state index in [0.29, 0.717) is 0 Å². The van der Waals surface area contributed by atoms with E-state index in [-0.39, 0.29) is 11.4 Å². The number of hydrogen-bond donors (Lipinski definition) is 1. The maximum atomic E-state index is 11.0. The summed E-state index contributed by atoms with van der Waals surface area (Å²) in [5, 5.41) is 12.9. The summed E-state index contributed by atoms with van der Waals surface area (Å²) in [5.41, 5.74) is 1.81. The van der Waals surface area contributed by atoms with Gasteiger partial charge in [-0.2, -0.15) is 11.3 Å². The molecule has 2 aromatic heterocycles. The van der Waals surface area contributed by atoms with Crippen molar-refractivity contribution in [1.82, 2.24) is 4.98 Å². The van der Waals surface area contributed by atoms with Crippen LogP contribution in [-0.2, 0) is 0 Å². The van der Waals surface area contributed by atoms with E-state index in [1.54, 1.807) is 23.6 Å². The number of nitrogens with zero attached hydrogens (tertiary/aromatic N) is 1. The summed E-state index contributed by atoms with van der Waals surface area (Å²) >= 11 is 1.55. The summed E-state index contributed by atoms with van der Waals surface area (Å²) in [6.45, 7) is 0. The number of carboxylic acid groups (broad SMARTS) is 1. The van der Waals surface area contributed by atoms with Gasteiger partial charge in [0.2, 0.25) is 5.88 Å². The van der Waals surface area contributed by atoms with Crippen LogP contribution in [0.25, 0.3) is 11.1 Å². The Labute approximate surface area is 96.1 Å². The van der Waals surface area contributed by atoms with Gasteiger partial charge in [0, 0.05) is 11.8 Å². The van der Waals surface area contributed by atoms with Crippen LogP contribution in [0.5, 0.6) is 5.88 Å². The van der Waals surface area contributed by atoms with Crippen molar-refractivity contribution in [3.8, 4) is 17.0 Å². The van der Waals surface area contributed by atoms with Crippen LogP contribution >= 0.6 is 11.3 Å². The molecule has 0 fully saturated rings. The van der Waals surface area contributed by atoms with E-state index in [1.807, 2.05) is 16.8 Å². The molecule has 5 heteroatoms. The Hall–Kier alpha value is -1.88. The van der Waals surface area contributed by atoms with Gasteiger partial charge in [0.05, 0.1) is 7.11 Å². The highest BCUT2D eigenvalue weighted by Gasteiger charge is 2.13. The van der Waals surface area contributed by atoms with Crippen LogP contribution in [0.3, 0.4) is 0 Å². The predicted octanol–water partition coefficient (Wildman–Crippen LogP) is 2.52. The van der Waals surface area contributed by atoms with Gasteiger partial charge in [0.1, 0.15) is 5.56 Å². The maximum absolute atomic E-state index is 11.0. The van der Waals surface area contributed by atoms with Gasteiger partial charge < -0.3 is 9.84 Å². The Bertz CT molecular complexity index is 508. The molecule has 0 amide bonds. The highest BCUT2D eigenvalue weighted by molar-refractivity contribution is 7.08. The smallest absolute Gasteiger partial charge is 0.341 e. The van der Waals surface area contributed by atoms with Crippen molar-refractivity contribution in [2.75, 3.05) is 7.11 Å². The molecule has 0 aliphatic carbocycles. The van der Waals surface area contributed by atoms with E-state index >= 15 is 0 Å². The van der Waals surface area contributed by atoms with Gasteiger partial charge in [-0.3, -0.25) is 0 Å². The number of methoxy groups -OCH3 is 1. The van der Waals surface area contributed by atoms with Gasteiger partial charge in [-0.25, -0.2) is 9.78 Å². The van der Waals surface area contributed by atoms with Gasteiger partial charge in [-0.1, -0.05) is 0 Å². The van der Waals surface area contributed by atoms with E-state index in [9.17, 15) is 4.79 Å². The van der Waals surface area contributed by atoms with Crippen LogP contribution < -0.4 is 4.74 Å². The van der Waals surface area contributed by atoms with Crippen LogP contribution in [-0.4, -0.2) is 23.2 Å². The molecule has 0 saturated heterocycles. The fourth-order valence-electron chi connectivity index (χ4n) is 1.35. The van der Waals surface area contributed by atoms with E-state index < -0.39 is 5.97 Å². The molecule has 0 radical (unpaired) electrons. The molecule has 4 nitrogen and oxygen atoms in total. The second-order valence-corrected chi connectivity index (χ2v) is 3.88. The number of ether oxygens (including phenoxy) is 1. The number of aromatic nitrogens is 1. The molecule has 0 bridgehead atoms.